The number of hydrogen-bond acceptors (Lipinski definition) is 3. The standard InChI is InChI=1S/C14H27N3O/c1-11-5-3-4-7-17(11)14(18)10-16-8-6-13(15)9-12(16)2/h11-13H,3-10,15H2,1-2H3. The predicted octanol–water partition coefficient (Wildman–Crippen LogP) is 1.20. The van der Waals surface area contributed by atoms with Gasteiger partial charge in [-0.05, 0) is 46.0 Å². The smallest absolute Gasteiger partial charge is 0.236 e. The van der Waals surface area contributed by atoms with Gasteiger partial charge in [-0.25, -0.2) is 0 Å². The molecule has 2 saturated heterocycles. The van der Waals surface area contributed by atoms with Crippen molar-refractivity contribution in [3.63, 3.8) is 0 Å². The molecule has 2 fully saturated rings. The lowest BCUT2D eigenvalue weighted by molar-refractivity contribution is -0.136. The van der Waals surface area contributed by atoms with E-state index in [4.69, 9.17) is 5.73 Å². The Morgan fingerprint density at radius 3 is 2.61 bits per heavy atom. The van der Waals surface area contributed by atoms with Gasteiger partial charge in [0.1, 0.15) is 0 Å². The fraction of sp³-hybridized carbons (Fsp3) is 0.929. The Bertz CT molecular complexity index is 295. The minimum absolute atomic E-state index is 0.310. The largest absolute Gasteiger partial charge is 0.339 e. The van der Waals surface area contributed by atoms with E-state index in [1.54, 1.807) is 0 Å². The van der Waals surface area contributed by atoms with Crippen LogP contribution in [0.5, 0.6) is 0 Å². The van der Waals surface area contributed by atoms with Crippen LogP contribution in [0.25, 0.3) is 0 Å². The molecule has 2 rings (SSSR count). The number of nitrogens with two attached hydrogens (primary N) is 1. The van der Waals surface area contributed by atoms with E-state index in [1.165, 1.54) is 6.42 Å². The van der Waals surface area contributed by atoms with Crippen molar-refractivity contribution in [2.45, 2.75) is 64.1 Å². The predicted molar refractivity (Wildman–Crippen MR) is 73.3 cm³/mol. The van der Waals surface area contributed by atoms with Crippen LogP contribution >= 0.6 is 0 Å². The number of nitrogens with zero attached hydrogens (tertiary/aromatic N) is 2. The maximum absolute atomic E-state index is 12.4. The van der Waals surface area contributed by atoms with Crippen LogP contribution < -0.4 is 5.73 Å². The fourth-order valence-corrected chi connectivity index (χ4v) is 3.23. The summed E-state index contributed by atoms with van der Waals surface area (Å²) in [6.45, 7) is 6.86. The summed E-state index contributed by atoms with van der Waals surface area (Å²) in [6.07, 6.45) is 5.62. The first-order valence-electron chi connectivity index (χ1n) is 7.37. The van der Waals surface area contributed by atoms with E-state index in [9.17, 15) is 4.79 Å². The van der Waals surface area contributed by atoms with E-state index in [1.807, 2.05) is 0 Å². The summed E-state index contributed by atoms with van der Waals surface area (Å²) in [7, 11) is 0. The molecule has 4 nitrogen and oxygen atoms in total. The highest BCUT2D eigenvalue weighted by atomic mass is 16.2. The molecule has 3 atom stereocenters. The molecule has 2 aliphatic heterocycles. The monoisotopic (exact) mass is 253 g/mol. The molecule has 0 saturated carbocycles. The normalized spacial score (nSPS) is 34.6. The van der Waals surface area contributed by atoms with Crippen molar-refractivity contribution < 1.29 is 4.79 Å². The lowest BCUT2D eigenvalue weighted by Gasteiger charge is -2.39. The zero-order valence-corrected chi connectivity index (χ0v) is 11.8. The Morgan fingerprint density at radius 1 is 1.17 bits per heavy atom. The van der Waals surface area contributed by atoms with Crippen LogP contribution in [-0.4, -0.2) is 53.5 Å². The summed E-state index contributed by atoms with van der Waals surface area (Å²) in [5, 5.41) is 0. The highest BCUT2D eigenvalue weighted by molar-refractivity contribution is 5.78. The van der Waals surface area contributed by atoms with Crippen LogP contribution in [-0.2, 0) is 4.79 Å². The summed E-state index contributed by atoms with van der Waals surface area (Å²) in [5.74, 6) is 0.310. The SMILES string of the molecule is CC1CC(N)CCN1CC(=O)N1CCCCC1C. The highest BCUT2D eigenvalue weighted by Gasteiger charge is 2.28. The van der Waals surface area contributed by atoms with Crippen molar-refractivity contribution in [3.8, 4) is 0 Å². The molecule has 0 spiro atoms. The first-order valence-corrected chi connectivity index (χ1v) is 7.37. The van der Waals surface area contributed by atoms with Crippen molar-refractivity contribution in [1.82, 2.24) is 9.80 Å². The second kappa shape index (κ2) is 6.02. The van der Waals surface area contributed by atoms with Crippen LogP contribution in [0.3, 0.4) is 0 Å². The van der Waals surface area contributed by atoms with Crippen molar-refractivity contribution in [3.05, 3.63) is 0 Å². The second-order valence-electron chi connectivity index (χ2n) is 6.04. The quantitative estimate of drug-likeness (QED) is 0.804. The van der Waals surface area contributed by atoms with Crippen molar-refractivity contribution in [2.24, 2.45) is 5.73 Å². The van der Waals surface area contributed by atoms with E-state index in [2.05, 4.69) is 23.6 Å². The molecule has 0 radical (unpaired) electrons. The maximum Gasteiger partial charge on any atom is 0.236 e. The Hall–Kier alpha value is -0.610. The van der Waals surface area contributed by atoms with Crippen LogP contribution in [0.1, 0.15) is 46.0 Å². The van der Waals surface area contributed by atoms with Crippen LogP contribution in [0.15, 0.2) is 0 Å². The van der Waals surface area contributed by atoms with Crippen LogP contribution in [0.2, 0.25) is 0 Å². The Labute approximate surface area is 110 Å². The highest BCUT2D eigenvalue weighted by Crippen LogP contribution is 2.19. The molecule has 104 valence electrons. The van der Waals surface area contributed by atoms with Gasteiger partial charge in [-0.3, -0.25) is 9.69 Å². The lowest BCUT2D eigenvalue weighted by atomic mass is 9.99. The zero-order valence-electron chi connectivity index (χ0n) is 11.8. The minimum Gasteiger partial charge on any atom is -0.339 e. The third-order valence-corrected chi connectivity index (χ3v) is 4.52. The first kappa shape index (κ1) is 13.8. The van der Waals surface area contributed by atoms with Gasteiger partial charge in [-0.1, -0.05) is 0 Å². The van der Waals surface area contributed by atoms with E-state index >= 15 is 0 Å². The van der Waals surface area contributed by atoms with Crippen LogP contribution in [0, 0.1) is 0 Å². The molecule has 0 aromatic rings. The number of likely N-dealkylation sites (tertiary alicyclic amines) is 2. The molecule has 0 aromatic carbocycles. The molecule has 3 unspecified atom stereocenters. The average Bonchev–Trinajstić information content (AvgIpc) is 2.33. The van der Waals surface area contributed by atoms with E-state index in [-0.39, 0.29) is 0 Å². The summed E-state index contributed by atoms with van der Waals surface area (Å²) in [6, 6.07) is 1.19. The Morgan fingerprint density at radius 2 is 1.94 bits per heavy atom. The lowest BCUT2D eigenvalue weighted by Crippen LogP contribution is -2.52. The molecule has 1 amide bonds. The molecular formula is C14H27N3O. The van der Waals surface area contributed by atoms with Gasteiger partial charge < -0.3 is 10.6 Å². The molecule has 2 aliphatic rings. The third-order valence-electron chi connectivity index (χ3n) is 4.52. The minimum atomic E-state index is 0.310. The molecule has 2 N–H and O–H groups in total. The van der Waals surface area contributed by atoms with E-state index in [0.717, 1.165) is 38.8 Å². The van der Waals surface area contributed by atoms with Crippen molar-refractivity contribution in [2.75, 3.05) is 19.6 Å². The van der Waals surface area contributed by atoms with Gasteiger partial charge in [-0.15, -0.1) is 0 Å². The Kier molecular flexibility index (Phi) is 4.62. The van der Waals surface area contributed by atoms with Crippen molar-refractivity contribution >= 4 is 5.91 Å². The topological polar surface area (TPSA) is 49.6 Å². The van der Waals surface area contributed by atoms with Gasteiger partial charge in [-0.2, -0.15) is 0 Å². The molecule has 0 aromatic heterocycles. The Balaban J connectivity index is 1.86. The van der Waals surface area contributed by atoms with E-state index < -0.39 is 0 Å². The maximum atomic E-state index is 12.4. The second-order valence-corrected chi connectivity index (χ2v) is 6.04. The summed E-state index contributed by atoms with van der Waals surface area (Å²) < 4.78 is 0. The molecule has 0 bridgehead atoms. The van der Waals surface area contributed by atoms with Gasteiger partial charge in [0.25, 0.3) is 0 Å². The number of rotatable bonds is 2. The third kappa shape index (κ3) is 3.23. The zero-order chi connectivity index (χ0) is 13.1. The van der Waals surface area contributed by atoms with Crippen molar-refractivity contribution in [1.29, 1.82) is 0 Å². The molecule has 2 heterocycles. The number of amides is 1. The van der Waals surface area contributed by atoms with E-state index in [0.29, 0.717) is 30.6 Å². The number of carbonyl (C=O) groups excluding carboxylic acids is 1. The van der Waals surface area contributed by atoms with Crippen LogP contribution in [0.4, 0.5) is 0 Å². The summed E-state index contributed by atoms with van der Waals surface area (Å²) in [5.41, 5.74) is 5.96. The average molecular weight is 253 g/mol. The van der Waals surface area contributed by atoms with Gasteiger partial charge in [0.15, 0.2) is 0 Å². The van der Waals surface area contributed by atoms with Gasteiger partial charge >= 0.3 is 0 Å². The summed E-state index contributed by atoms with van der Waals surface area (Å²) in [4.78, 5) is 16.7. The number of piperidine rings is 2. The van der Waals surface area contributed by atoms with Gasteiger partial charge in [0.05, 0.1) is 6.54 Å². The number of carbonyl (C=O) groups is 1. The molecular weight excluding hydrogens is 226 g/mol. The summed E-state index contributed by atoms with van der Waals surface area (Å²) >= 11 is 0. The fourth-order valence-electron chi connectivity index (χ4n) is 3.23. The molecule has 0 aliphatic carbocycles. The van der Waals surface area contributed by atoms with Gasteiger partial charge in [0.2, 0.25) is 5.91 Å². The number of hydrogen-bond donors (Lipinski definition) is 1. The first-order chi connectivity index (χ1) is 8.58. The molecule has 18 heavy (non-hydrogen) atoms. The van der Waals surface area contributed by atoms with Gasteiger partial charge in [0, 0.05) is 31.2 Å². The molecule has 4 heteroatoms.